The first-order valence-corrected chi connectivity index (χ1v) is 11.9. The Morgan fingerprint density at radius 3 is 2.53 bits per heavy atom. The maximum absolute atomic E-state index is 12.4. The van der Waals surface area contributed by atoms with Gasteiger partial charge in [-0.1, -0.05) is 23.2 Å². The summed E-state index contributed by atoms with van der Waals surface area (Å²) in [5.41, 5.74) is 3.82. The molecule has 0 bridgehead atoms. The third-order valence-electron chi connectivity index (χ3n) is 4.60. The van der Waals surface area contributed by atoms with Crippen LogP contribution in [-0.2, 0) is 9.59 Å². The van der Waals surface area contributed by atoms with E-state index >= 15 is 0 Å². The highest BCUT2D eigenvalue weighted by molar-refractivity contribution is 8.18. The van der Waals surface area contributed by atoms with E-state index in [0.717, 1.165) is 11.8 Å². The molecule has 0 aliphatic carbocycles. The van der Waals surface area contributed by atoms with E-state index in [1.165, 1.54) is 24.5 Å². The zero-order chi connectivity index (χ0) is 25.5. The van der Waals surface area contributed by atoms with Crippen molar-refractivity contribution in [3.63, 3.8) is 0 Å². The van der Waals surface area contributed by atoms with Crippen molar-refractivity contribution in [1.29, 1.82) is 0 Å². The van der Waals surface area contributed by atoms with Crippen LogP contribution in [0.15, 0.2) is 77.0 Å². The van der Waals surface area contributed by atoms with Gasteiger partial charge in [-0.25, -0.2) is 5.43 Å². The van der Waals surface area contributed by atoms with Crippen LogP contribution in [0.5, 0.6) is 5.75 Å². The number of halogens is 2. The summed E-state index contributed by atoms with van der Waals surface area (Å²) in [5, 5.41) is 10.4. The van der Waals surface area contributed by atoms with Crippen molar-refractivity contribution in [2.24, 2.45) is 5.10 Å². The number of thioether (sulfide) groups is 1. The average molecular weight is 542 g/mol. The molecule has 1 saturated heterocycles. The minimum absolute atomic E-state index is 0.195. The average Bonchev–Trinajstić information content (AvgIpc) is 3.23. The van der Waals surface area contributed by atoms with Crippen LogP contribution in [0.1, 0.15) is 15.9 Å². The molecule has 3 N–H and O–H groups in total. The second-order valence-electron chi connectivity index (χ2n) is 7.18. The Kier molecular flexibility index (Phi) is 8.21. The molecule has 4 rings (SSSR count). The first-order valence-electron chi connectivity index (χ1n) is 10.3. The van der Waals surface area contributed by atoms with E-state index in [2.05, 4.69) is 26.1 Å². The van der Waals surface area contributed by atoms with Crippen molar-refractivity contribution < 1.29 is 19.1 Å². The highest BCUT2D eigenvalue weighted by Gasteiger charge is 2.25. The van der Waals surface area contributed by atoms with Crippen LogP contribution in [-0.4, -0.2) is 34.5 Å². The van der Waals surface area contributed by atoms with E-state index in [1.54, 1.807) is 48.5 Å². The summed E-state index contributed by atoms with van der Waals surface area (Å²) in [6, 6.07) is 14.6. The van der Waals surface area contributed by atoms with E-state index in [-0.39, 0.29) is 17.7 Å². The number of amides is 3. The Hall–Kier alpha value is -3.86. The predicted octanol–water partition coefficient (Wildman–Crippen LogP) is 4.31. The largest absolute Gasteiger partial charge is 0.483 e. The zero-order valence-corrected chi connectivity index (χ0v) is 20.7. The van der Waals surface area contributed by atoms with E-state index in [1.807, 2.05) is 0 Å². The number of pyridine rings is 1. The SMILES string of the molecule is O=C(COc1ccc(Cl)cc1/C=C1/S/C(=N/NC(=O)c2ccncc2)NC1=O)Nc1ccc(Cl)cc1. The maximum Gasteiger partial charge on any atom is 0.271 e. The standard InChI is InChI=1S/C24H17Cl2N5O4S/c25-16-1-4-18(5-2-16)28-21(32)13-35-19-6-3-17(26)11-15(19)12-20-23(34)29-24(36-20)31-30-22(33)14-7-9-27-10-8-14/h1-12H,13H2,(H,28,32)(H,30,33)(H,29,31,34)/b20-12+. The summed E-state index contributed by atoms with van der Waals surface area (Å²) in [4.78, 5) is 41.0. The molecule has 1 aliphatic rings. The molecular formula is C24H17Cl2N5O4S. The summed E-state index contributed by atoms with van der Waals surface area (Å²) in [5.74, 6) is -0.885. The Labute approximate surface area is 219 Å². The van der Waals surface area contributed by atoms with Crippen LogP contribution in [0.2, 0.25) is 10.0 Å². The molecule has 3 amide bonds. The minimum atomic E-state index is -0.445. The van der Waals surface area contributed by atoms with Gasteiger partial charge in [0.25, 0.3) is 17.7 Å². The molecule has 0 saturated carbocycles. The number of carbonyl (C=O) groups is 3. The van der Waals surface area contributed by atoms with Crippen LogP contribution in [0.25, 0.3) is 6.08 Å². The molecule has 1 aliphatic heterocycles. The number of rotatable bonds is 7. The molecule has 182 valence electrons. The fourth-order valence-corrected chi connectivity index (χ4v) is 4.01. The van der Waals surface area contributed by atoms with Crippen molar-refractivity contribution in [3.8, 4) is 5.75 Å². The van der Waals surface area contributed by atoms with Crippen LogP contribution in [0.4, 0.5) is 5.69 Å². The van der Waals surface area contributed by atoms with Gasteiger partial charge in [-0.3, -0.25) is 24.7 Å². The van der Waals surface area contributed by atoms with E-state index < -0.39 is 11.8 Å². The fraction of sp³-hybridized carbons (Fsp3) is 0.0417. The summed E-state index contributed by atoms with van der Waals surface area (Å²) in [7, 11) is 0. The van der Waals surface area contributed by atoms with Gasteiger partial charge in [-0.15, -0.1) is 5.10 Å². The van der Waals surface area contributed by atoms with Gasteiger partial charge in [0.15, 0.2) is 11.8 Å². The molecule has 0 atom stereocenters. The van der Waals surface area contributed by atoms with Crippen LogP contribution >= 0.6 is 35.0 Å². The molecule has 0 unspecified atom stereocenters. The Morgan fingerprint density at radius 1 is 1.06 bits per heavy atom. The van der Waals surface area contributed by atoms with Crippen molar-refractivity contribution >= 4 is 69.6 Å². The van der Waals surface area contributed by atoms with Gasteiger partial charge < -0.3 is 10.1 Å². The van der Waals surface area contributed by atoms with Gasteiger partial charge in [0.1, 0.15) is 5.75 Å². The molecule has 2 aromatic carbocycles. The topological polar surface area (TPSA) is 122 Å². The number of benzene rings is 2. The summed E-state index contributed by atoms with van der Waals surface area (Å²) >= 11 is 13.0. The lowest BCUT2D eigenvalue weighted by Crippen LogP contribution is -2.25. The third-order valence-corrected chi connectivity index (χ3v) is 5.99. The Bertz CT molecular complexity index is 1360. The lowest BCUT2D eigenvalue weighted by atomic mass is 10.2. The molecule has 36 heavy (non-hydrogen) atoms. The molecule has 12 heteroatoms. The molecule has 3 aromatic rings. The molecule has 1 fully saturated rings. The van der Waals surface area contributed by atoms with Gasteiger partial charge in [0, 0.05) is 39.3 Å². The molecule has 0 radical (unpaired) electrons. The third kappa shape index (κ3) is 6.85. The highest BCUT2D eigenvalue weighted by Crippen LogP contribution is 2.31. The van der Waals surface area contributed by atoms with Crippen molar-refractivity contribution in [2.45, 2.75) is 0 Å². The first-order chi connectivity index (χ1) is 17.4. The number of amidine groups is 1. The summed E-state index contributed by atoms with van der Waals surface area (Å²) in [6.45, 7) is -0.270. The molecule has 1 aromatic heterocycles. The number of aromatic nitrogens is 1. The van der Waals surface area contributed by atoms with E-state index in [4.69, 9.17) is 27.9 Å². The number of carbonyl (C=O) groups excluding carboxylic acids is 3. The number of nitrogens with zero attached hydrogens (tertiary/aromatic N) is 2. The summed E-state index contributed by atoms with van der Waals surface area (Å²) < 4.78 is 5.68. The molecular weight excluding hydrogens is 525 g/mol. The van der Waals surface area contributed by atoms with Gasteiger partial charge in [-0.05, 0) is 72.4 Å². The quantitative estimate of drug-likeness (QED) is 0.302. The lowest BCUT2D eigenvalue weighted by Gasteiger charge is -2.10. The van der Waals surface area contributed by atoms with Crippen molar-refractivity contribution in [2.75, 3.05) is 11.9 Å². The van der Waals surface area contributed by atoms with E-state index in [0.29, 0.717) is 37.5 Å². The number of hydrazone groups is 1. The number of hydrogen-bond acceptors (Lipinski definition) is 7. The summed E-state index contributed by atoms with van der Waals surface area (Å²) in [6.07, 6.45) is 4.54. The lowest BCUT2D eigenvalue weighted by molar-refractivity contribution is -0.118. The molecule has 2 heterocycles. The fourth-order valence-electron chi connectivity index (χ4n) is 2.93. The van der Waals surface area contributed by atoms with Crippen molar-refractivity contribution in [1.82, 2.24) is 15.7 Å². The molecule has 0 spiro atoms. The number of hydrogen-bond donors (Lipinski definition) is 3. The van der Waals surface area contributed by atoms with Gasteiger partial charge in [0.05, 0.1) is 4.91 Å². The van der Waals surface area contributed by atoms with Gasteiger partial charge >= 0.3 is 0 Å². The number of ether oxygens (including phenoxy) is 1. The minimum Gasteiger partial charge on any atom is -0.483 e. The predicted molar refractivity (Wildman–Crippen MR) is 140 cm³/mol. The monoisotopic (exact) mass is 541 g/mol. The van der Waals surface area contributed by atoms with Gasteiger partial charge in [-0.2, -0.15) is 0 Å². The number of nitrogens with one attached hydrogen (secondary N) is 3. The first kappa shape index (κ1) is 25.2. The Balaban J connectivity index is 1.42. The van der Waals surface area contributed by atoms with Crippen LogP contribution in [0.3, 0.4) is 0 Å². The normalized spacial score (nSPS) is 15.0. The highest BCUT2D eigenvalue weighted by atomic mass is 35.5. The second kappa shape index (κ2) is 11.7. The second-order valence-corrected chi connectivity index (χ2v) is 9.09. The van der Waals surface area contributed by atoms with Gasteiger partial charge in [0.2, 0.25) is 0 Å². The van der Waals surface area contributed by atoms with Crippen LogP contribution < -0.4 is 20.8 Å². The van der Waals surface area contributed by atoms with Crippen molar-refractivity contribution in [3.05, 3.63) is 93.1 Å². The van der Waals surface area contributed by atoms with Crippen LogP contribution in [0, 0.1) is 0 Å². The van der Waals surface area contributed by atoms with E-state index in [9.17, 15) is 14.4 Å². The molecule has 9 nitrogen and oxygen atoms in total. The number of anilines is 1. The zero-order valence-electron chi connectivity index (χ0n) is 18.3. The Morgan fingerprint density at radius 2 is 1.78 bits per heavy atom. The smallest absolute Gasteiger partial charge is 0.271 e. The maximum atomic E-state index is 12.4.